The highest BCUT2D eigenvalue weighted by molar-refractivity contribution is 7.90. The van der Waals surface area contributed by atoms with E-state index in [4.69, 9.17) is 0 Å². The molecule has 1 aromatic rings. The molecule has 1 saturated carbocycles. The Labute approximate surface area is 183 Å². The molecule has 8 nitrogen and oxygen atoms in total. The third-order valence-corrected chi connectivity index (χ3v) is 7.86. The van der Waals surface area contributed by atoms with Gasteiger partial charge in [-0.1, -0.05) is 32.4 Å². The quantitative estimate of drug-likeness (QED) is 0.693. The van der Waals surface area contributed by atoms with Crippen molar-refractivity contribution in [3.05, 3.63) is 29.8 Å². The van der Waals surface area contributed by atoms with E-state index < -0.39 is 16.1 Å². The molecule has 2 N–H and O–H groups in total. The van der Waals surface area contributed by atoms with E-state index in [9.17, 15) is 18.0 Å². The van der Waals surface area contributed by atoms with E-state index in [1.54, 1.807) is 18.2 Å². The molecule has 31 heavy (non-hydrogen) atoms. The van der Waals surface area contributed by atoms with E-state index in [1.807, 2.05) is 18.7 Å². The molecule has 2 aliphatic heterocycles. The summed E-state index contributed by atoms with van der Waals surface area (Å²) in [6.45, 7) is 5.26. The summed E-state index contributed by atoms with van der Waals surface area (Å²) in [5, 5.41) is 3.10. The van der Waals surface area contributed by atoms with Gasteiger partial charge in [0, 0.05) is 30.6 Å². The lowest BCUT2D eigenvalue weighted by Crippen LogP contribution is -2.50. The van der Waals surface area contributed by atoms with Crippen LogP contribution in [0.2, 0.25) is 0 Å². The predicted octanol–water partition coefficient (Wildman–Crippen LogP) is 1.66. The number of hydrogen-bond acceptors (Lipinski definition) is 5. The first-order valence-electron chi connectivity index (χ1n) is 11.1. The van der Waals surface area contributed by atoms with Gasteiger partial charge in [0.25, 0.3) is 10.0 Å². The smallest absolute Gasteiger partial charge is 0.263 e. The van der Waals surface area contributed by atoms with Crippen LogP contribution in [-0.4, -0.2) is 56.1 Å². The highest BCUT2D eigenvalue weighted by Crippen LogP contribution is 2.32. The lowest BCUT2D eigenvalue weighted by Gasteiger charge is -2.33. The number of aliphatic imine (C=N–C) groups is 1. The minimum absolute atomic E-state index is 0.00457. The van der Waals surface area contributed by atoms with Crippen LogP contribution in [0.5, 0.6) is 0 Å². The highest BCUT2D eigenvalue weighted by Gasteiger charge is 2.36. The lowest BCUT2D eigenvalue weighted by atomic mass is 9.97. The third kappa shape index (κ3) is 4.61. The maximum Gasteiger partial charge on any atom is 0.263 e. The minimum Gasteiger partial charge on any atom is -0.351 e. The molecule has 0 radical (unpaired) electrons. The molecule has 1 aliphatic carbocycles. The number of piperidine rings is 1. The number of amidine groups is 1. The van der Waals surface area contributed by atoms with Crippen LogP contribution in [0.15, 0.2) is 34.2 Å². The molecule has 168 valence electrons. The number of benzene rings is 1. The normalized spacial score (nSPS) is 23.7. The molecule has 2 atom stereocenters. The van der Waals surface area contributed by atoms with Crippen molar-refractivity contribution in [2.24, 2.45) is 16.8 Å². The molecule has 1 aromatic carbocycles. The molecular weight excluding hydrogens is 416 g/mol. The van der Waals surface area contributed by atoms with Gasteiger partial charge in [-0.2, -0.15) is 0 Å². The molecule has 0 bridgehead atoms. The van der Waals surface area contributed by atoms with Crippen molar-refractivity contribution in [1.82, 2.24) is 14.9 Å². The largest absolute Gasteiger partial charge is 0.351 e. The van der Waals surface area contributed by atoms with E-state index in [0.717, 1.165) is 32.1 Å². The zero-order valence-corrected chi connectivity index (χ0v) is 18.8. The van der Waals surface area contributed by atoms with Gasteiger partial charge in [-0.05, 0) is 43.7 Å². The van der Waals surface area contributed by atoms with Gasteiger partial charge in [0.05, 0.1) is 4.90 Å². The summed E-state index contributed by atoms with van der Waals surface area (Å²) in [7, 11) is -3.65. The monoisotopic (exact) mass is 446 g/mol. The molecule has 2 amide bonds. The van der Waals surface area contributed by atoms with Crippen molar-refractivity contribution >= 4 is 27.7 Å². The van der Waals surface area contributed by atoms with Crippen LogP contribution in [0.25, 0.3) is 0 Å². The number of nitrogens with one attached hydrogen (secondary N) is 2. The van der Waals surface area contributed by atoms with E-state index in [1.165, 1.54) is 6.07 Å². The first-order valence-corrected chi connectivity index (χ1v) is 12.6. The van der Waals surface area contributed by atoms with Crippen molar-refractivity contribution < 1.29 is 18.0 Å². The first-order chi connectivity index (χ1) is 14.8. The number of amides is 2. The maximum atomic E-state index is 13.1. The number of carbonyl (C=O) groups excluding carboxylic acids is 2. The maximum absolute atomic E-state index is 13.1. The molecule has 4 rings (SSSR count). The number of nitrogens with zero attached hydrogens (tertiary/aromatic N) is 2. The van der Waals surface area contributed by atoms with Gasteiger partial charge in [-0.25, -0.2) is 8.42 Å². The van der Waals surface area contributed by atoms with Crippen molar-refractivity contribution in [1.29, 1.82) is 0 Å². The van der Waals surface area contributed by atoms with Crippen molar-refractivity contribution in [3.8, 4) is 0 Å². The topological polar surface area (TPSA) is 108 Å². The Hall–Kier alpha value is -2.42. The number of fused-ring (bicyclic) bond motifs is 1. The Bertz CT molecular complexity index is 995. The first kappa shape index (κ1) is 21.8. The van der Waals surface area contributed by atoms with Gasteiger partial charge in [0.2, 0.25) is 11.8 Å². The summed E-state index contributed by atoms with van der Waals surface area (Å²) >= 11 is 0. The average Bonchev–Trinajstić information content (AvgIpc) is 3.58. The second-order valence-electron chi connectivity index (χ2n) is 8.79. The van der Waals surface area contributed by atoms with Gasteiger partial charge < -0.3 is 10.2 Å². The number of hydrogen-bond donors (Lipinski definition) is 2. The number of sulfonamides is 1. The van der Waals surface area contributed by atoms with Crippen LogP contribution in [0.3, 0.4) is 0 Å². The predicted molar refractivity (Wildman–Crippen MR) is 117 cm³/mol. The van der Waals surface area contributed by atoms with Gasteiger partial charge in [-0.15, -0.1) is 0 Å². The third-order valence-electron chi connectivity index (χ3n) is 6.46. The fourth-order valence-electron chi connectivity index (χ4n) is 4.16. The molecular formula is C22H30N4O4S. The van der Waals surface area contributed by atoms with Crippen molar-refractivity contribution in [2.45, 2.75) is 62.9 Å². The van der Waals surface area contributed by atoms with Crippen LogP contribution in [0.1, 0.15) is 51.5 Å². The van der Waals surface area contributed by atoms with Gasteiger partial charge in [-0.3, -0.25) is 19.3 Å². The summed E-state index contributed by atoms with van der Waals surface area (Å²) < 4.78 is 27.3. The van der Waals surface area contributed by atoms with Crippen LogP contribution < -0.4 is 10.0 Å². The molecule has 0 aromatic heterocycles. The Morgan fingerprint density at radius 1 is 1.19 bits per heavy atom. The average molecular weight is 447 g/mol. The second-order valence-corrected chi connectivity index (χ2v) is 10.4. The van der Waals surface area contributed by atoms with Gasteiger partial charge in [0.1, 0.15) is 11.9 Å². The fourth-order valence-corrected chi connectivity index (χ4v) is 5.39. The van der Waals surface area contributed by atoms with Crippen LogP contribution in [-0.2, 0) is 19.6 Å². The molecule has 0 unspecified atom stereocenters. The molecule has 0 spiro atoms. The van der Waals surface area contributed by atoms with Crippen LogP contribution in [0, 0.1) is 11.8 Å². The van der Waals surface area contributed by atoms with Gasteiger partial charge in [0.15, 0.2) is 0 Å². The molecule has 2 heterocycles. The van der Waals surface area contributed by atoms with Crippen LogP contribution in [0.4, 0.5) is 0 Å². The molecule has 9 heteroatoms. The number of likely N-dealkylation sites (tertiary alicyclic amines) is 1. The Balaban J connectivity index is 1.46. The number of carbonyl (C=O) groups is 2. The van der Waals surface area contributed by atoms with Gasteiger partial charge >= 0.3 is 0 Å². The van der Waals surface area contributed by atoms with E-state index in [0.29, 0.717) is 18.7 Å². The standard InChI is InChI=1S/C22H30N4O4S/c1-3-14(2)19(24-20-17-6-4-5-7-18(17)31(29,30)25-20)21(27)23-16-10-12-26(13-11-16)22(28)15-8-9-15/h4-7,14-16,19H,3,8-13H2,1-2H3,(H,23,27)(H,24,25)/t14-,19-/m0/s1. The Kier molecular flexibility index (Phi) is 6.05. The van der Waals surface area contributed by atoms with Crippen molar-refractivity contribution in [2.75, 3.05) is 13.1 Å². The summed E-state index contributed by atoms with van der Waals surface area (Å²) in [6.07, 6.45) is 4.18. The second kappa shape index (κ2) is 8.61. The zero-order valence-electron chi connectivity index (χ0n) is 18.0. The highest BCUT2D eigenvalue weighted by atomic mass is 32.2. The molecule has 3 aliphatic rings. The fraction of sp³-hybridized carbons (Fsp3) is 0.591. The van der Waals surface area contributed by atoms with Crippen LogP contribution >= 0.6 is 0 Å². The lowest BCUT2D eigenvalue weighted by molar-refractivity contribution is -0.133. The van der Waals surface area contributed by atoms with E-state index >= 15 is 0 Å². The van der Waals surface area contributed by atoms with E-state index in [2.05, 4.69) is 15.0 Å². The molecule has 2 fully saturated rings. The summed E-state index contributed by atoms with van der Waals surface area (Å²) in [4.78, 5) is 32.0. The zero-order chi connectivity index (χ0) is 22.2. The Morgan fingerprint density at radius 2 is 1.87 bits per heavy atom. The summed E-state index contributed by atoms with van der Waals surface area (Å²) in [6, 6.07) is 5.96. The van der Waals surface area contributed by atoms with Crippen molar-refractivity contribution in [3.63, 3.8) is 0 Å². The summed E-state index contributed by atoms with van der Waals surface area (Å²) in [5.74, 6) is 0.440. The minimum atomic E-state index is -3.65. The Morgan fingerprint density at radius 3 is 2.52 bits per heavy atom. The van der Waals surface area contributed by atoms with E-state index in [-0.39, 0.29) is 40.4 Å². The number of rotatable bonds is 6. The summed E-state index contributed by atoms with van der Waals surface area (Å²) in [5.41, 5.74) is 0.496. The molecule has 1 saturated heterocycles. The SMILES string of the molecule is CC[C@H](C)[C@H](N=C1NS(=O)(=O)c2ccccc21)C(=O)NC1CCN(C(=O)C2CC2)CC1.